The van der Waals surface area contributed by atoms with Gasteiger partial charge in [0.25, 0.3) is 0 Å². The van der Waals surface area contributed by atoms with Gasteiger partial charge in [-0.1, -0.05) is 31.6 Å². The zero-order valence-electron chi connectivity index (χ0n) is 9.10. The first-order valence-corrected chi connectivity index (χ1v) is 6.17. The maximum atomic E-state index is 8.75. The number of nitriles is 1. The zero-order chi connectivity index (χ0) is 10.8. The molecule has 2 atom stereocenters. The average Bonchev–Trinajstić information content (AvgIpc) is 2.83. The van der Waals surface area contributed by atoms with Crippen LogP contribution in [0.3, 0.4) is 0 Å². The Balaban J connectivity index is 2.10. The molecule has 1 aliphatic heterocycles. The van der Waals surface area contributed by atoms with Crippen LogP contribution in [0, 0.1) is 23.2 Å². The van der Waals surface area contributed by atoms with Crippen molar-refractivity contribution in [1.29, 1.82) is 5.26 Å². The van der Waals surface area contributed by atoms with E-state index in [0.29, 0.717) is 4.88 Å². The average molecular weight is 221 g/mol. The molecule has 0 N–H and O–H groups in total. The maximum Gasteiger partial charge on any atom is 0.186 e. The van der Waals surface area contributed by atoms with Crippen molar-refractivity contribution in [2.45, 2.75) is 20.3 Å². The highest BCUT2D eigenvalue weighted by atomic mass is 32.1. The highest BCUT2D eigenvalue weighted by molar-refractivity contribution is 7.16. The third kappa shape index (κ3) is 1.98. The lowest BCUT2D eigenvalue weighted by Crippen LogP contribution is -2.19. The molecule has 0 aliphatic carbocycles. The topological polar surface area (TPSA) is 39.9 Å². The Morgan fingerprint density at radius 1 is 1.67 bits per heavy atom. The summed E-state index contributed by atoms with van der Waals surface area (Å²) in [6, 6.07) is 2.14. The van der Waals surface area contributed by atoms with E-state index in [1.165, 1.54) is 17.8 Å². The van der Waals surface area contributed by atoms with Crippen LogP contribution in [0.1, 0.15) is 25.1 Å². The fourth-order valence-electron chi connectivity index (χ4n) is 2.18. The van der Waals surface area contributed by atoms with E-state index in [1.54, 1.807) is 6.20 Å². The van der Waals surface area contributed by atoms with Gasteiger partial charge in [-0.05, 0) is 11.8 Å². The Labute approximate surface area is 94.4 Å². The van der Waals surface area contributed by atoms with Crippen molar-refractivity contribution in [3.63, 3.8) is 0 Å². The van der Waals surface area contributed by atoms with Gasteiger partial charge < -0.3 is 4.90 Å². The van der Waals surface area contributed by atoms with Crippen molar-refractivity contribution in [3.05, 3.63) is 11.1 Å². The molecule has 1 aromatic heterocycles. The first kappa shape index (κ1) is 10.4. The summed E-state index contributed by atoms with van der Waals surface area (Å²) in [4.78, 5) is 7.31. The predicted molar refractivity (Wildman–Crippen MR) is 62.0 cm³/mol. The standard InChI is InChI=1S/C11H15N3S/c1-3-9-7-14(6-8(9)2)11-13-5-10(4-12)15-11/h5,8-9H,3,6-7H2,1-2H3/t8-,9+/m1/s1. The predicted octanol–water partition coefficient (Wildman–Crippen LogP) is 2.50. The van der Waals surface area contributed by atoms with Crippen molar-refractivity contribution in [3.8, 4) is 6.07 Å². The number of rotatable bonds is 2. The van der Waals surface area contributed by atoms with Gasteiger partial charge in [0, 0.05) is 13.1 Å². The molecule has 0 saturated carbocycles. The summed E-state index contributed by atoms with van der Waals surface area (Å²) in [6.07, 6.45) is 2.90. The van der Waals surface area contributed by atoms with Gasteiger partial charge in [-0.2, -0.15) is 5.26 Å². The lowest BCUT2D eigenvalue weighted by Gasteiger charge is -2.13. The van der Waals surface area contributed by atoms with Gasteiger partial charge in [0.2, 0.25) is 0 Å². The SMILES string of the molecule is CC[C@H]1CN(c2ncc(C#N)s2)C[C@H]1C. The highest BCUT2D eigenvalue weighted by Gasteiger charge is 2.29. The number of hydrogen-bond donors (Lipinski definition) is 0. The van der Waals surface area contributed by atoms with E-state index in [0.717, 1.165) is 30.1 Å². The lowest BCUT2D eigenvalue weighted by molar-refractivity contribution is 0.440. The minimum absolute atomic E-state index is 0.706. The lowest BCUT2D eigenvalue weighted by atomic mass is 9.96. The fourth-order valence-corrected chi connectivity index (χ4v) is 2.92. The summed E-state index contributed by atoms with van der Waals surface area (Å²) in [5, 5.41) is 9.75. The molecule has 0 unspecified atom stereocenters. The maximum absolute atomic E-state index is 8.75. The summed E-state index contributed by atoms with van der Waals surface area (Å²) in [6.45, 7) is 6.72. The van der Waals surface area contributed by atoms with E-state index in [2.05, 4.69) is 29.8 Å². The minimum atomic E-state index is 0.706. The molecule has 15 heavy (non-hydrogen) atoms. The van der Waals surface area contributed by atoms with Crippen molar-refractivity contribution in [1.82, 2.24) is 4.98 Å². The van der Waals surface area contributed by atoms with E-state index < -0.39 is 0 Å². The molecule has 0 aromatic carbocycles. The molecule has 4 heteroatoms. The molecule has 80 valence electrons. The second-order valence-corrected chi connectivity index (χ2v) is 5.18. The molecular formula is C11H15N3S. The third-order valence-corrected chi connectivity index (χ3v) is 4.13. The summed E-state index contributed by atoms with van der Waals surface area (Å²) >= 11 is 1.50. The number of hydrogen-bond acceptors (Lipinski definition) is 4. The van der Waals surface area contributed by atoms with Crippen LogP contribution >= 0.6 is 11.3 Å². The number of anilines is 1. The van der Waals surface area contributed by atoms with E-state index in [9.17, 15) is 0 Å². The van der Waals surface area contributed by atoms with E-state index >= 15 is 0 Å². The van der Waals surface area contributed by atoms with Crippen molar-refractivity contribution >= 4 is 16.5 Å². The van der Waals surface area contributed by atoms with E-state index in [4.69, 9.17) is 5.26 Å². The summed E-state index contributed by atoms with van der Waals surface area (Å²) in [7, 11) is 0. The molecule has 1 saturated heterocycles. The molecule has 1 aliphatic rings. The van der Waals surface area contributed by atoms with Crippen LogP contribution in [0.2, 0.25) is 0 Å². The summed E-state index contributed by atoms with van der Waals surface area (Å²) in [5.41, 5.74) is 0. The minimum Gasteiger partial charge on any atom is -0.347 e. The Hall–Kier alpha value is -1.08. The number of thiazole rings is 1. The molecule has 0 spiro atoms. The van der Waals surface area contributed by atoms with Gasteiger partial charge in [-0.3, -0.25) is 0 Å². The Kier molecular flexibility index (Phi) is 2.92. The highest BCUT2D eigenvalue weighted by Crippen LogP contribution is 2.31. The molecule has 2 rings (SSSR count). The normalized spacial score (nSPS) is 25.5. The first-order valence-electron chi connectivity index (χ1n) is 5.35. The van der Waals surface area contributed by atoms with Gasteiger partial charge in [-0.25, -0.2) is 4.98 Å². The van der Waals surface area contributed by atoms with Gasteiger partial charge in [0.05, 0.1) is 6.20 Å². The quantitative estimate of drug-likeness (QED) is 0.770. The van der Waals surface area contributed by atoms with Crippen molar-refractivity contribution < 1.29 is 0 Å². The third-order valence-electron chi connectivity index (χ3n) is 3.17. The molecule has 0 amide bonds. The van der Waals surface area contributed by atoms with Gasteiger partial charge in [0.15, 0.2) is 5.13 Å². The second-order valence-electron chi connectivity index (χ2n) is 4.17. The van der Waals surface area contributed by atoms with Crippen molar-refractivity contribution in [2.75, 3.05) is 18.0 Å². The smallest absolute Gasteiger partial charge is 0.186 e. The van der Waals surface area contributed by atoms with Gasteiger partial charge >= 0.3 is 0 Å². The summed E-state index contributed by atoms with van der Waals surface area (Å²) < 4.78 is 0. The molecule has 2 heterocycles. The zero-order valence-corrected chi connectivity index (χ0v) is 9.92. The van der Waals surface area contributed by atoms with Crippen LogP contribution in [0.15, 0.2) is 6.20 Å². The van der Waals surface area contributed by atoms with Crippen LogP contribution in [-0.4, -0.2) is 18.1 Å². The number of aromatic nitrogens is 1. The van der Waals surface area contributed by atoms with Crippen LogP contribution in [-0.2, 0) is 0 Å². The van der Waals surface area contributed by atoms with Crippen LogP contribution in [0.25, 0.3) is 0 Å². The molecule has 0 radical (unpaired) electrons. The monoisotopic (exact) mass is 221 g/mol. The Morgan fingerprint density at radius 3 is 3.00 bits per heavy atom. The van der Waals surface area contributed by atoms with Crippen LogP contribution in [0.5, 0.6) is 0 Å². The molecule has 3 nitrogen and oxygen atoms in total. The van der Waals surface area contributed by atoms with Crippen LogP contribution < -0.4 is 4.90 Å². The number of nitrogens with zero attached hydrogens (tertiary/aromatic N) is 3. The van der Waals surface area contributed by atoms with Crippen molar-refractivity contribution in [2.24, 2.45) is 11.8 Å². The molecule has 1 aromatic rings. The van der Waals surface area contributed by atoms with Gasteiger partial charge in [-0.15, -0.1) is 0 Å². The second kappa shape index (κ2) is 4.19. The van der Waals surface area contributed by atoms with Crippen LogP contribution in [0.4, 0.5) is 5.13 Å². The fraction of sp³-hybridized carbons (Fsp3) is 0.636. The molecule has 0 bridgehead atoms. The largest absolute Gasteiger partial charge is 0.347 e. The van der Waals surface area contributed by atoms with E-state index in [-0.39, 0.29) is 0 Å². The summed E-state index contributed by atoms with van der Waals surface area (Å²) in [5.74, 6) is 1.52. The Bertz CT molecular complexity index is 379. The van der Waals surface area contributed by atoms with Gasteiger partial charge in [0.1, 0.15) is 10.9 Å². The van der Waals surface area contributed by atoms with E-state index in [1.807, 2.05) is 0 Å². The molecular weight excluding hydrogens is 206 g/mol. The molecule has 1 fully saturated rings. The first-order chi connectivity index (χ1) is 7.24. The Morgan fingerprint density at radius 2 is 2.47 bits per heavy atom.